The molecule has 9 aromatic carbocycles. The average molecular weight is 793 g/mol. The van der Waals surface area contributed by atoms with Crippen molar-refractivity contribution in [2.75, 3.05) is 0 Å². The number of fused-ring (bicyclic) bond motifs is 6. The van der Waals surface area contributed by atoms with Crippen LogP contribution >= 0.6 is 0 Å². The van der Waals surface area contributed by atoms with Gasteiger partial charge in [-0.25, -0.2) is 15.0 Å². The van der Waals surface area contributed by atoms with E-state index >= 15 is 0 Å². The first-order chi connectivity index (χ1) is 30.7. The summed E-state index contributed by atoms with van der Waals surface area (Å²) in [6, 6.07) is 76.4. The van der Waals surface area contributed by atoms with E-state index in [1.165, 1.54) is 33.0 Å². The highest BCUT2D eigenvalue weighted by Gasteiger charge is 2.19. The number of rotatable bonds is 7. The van der Waals surface area contributed by atoms with Crippen LogP contribution < -0.4 is 0 Å². The second-order valence-corrected chi connectivity index (χ2v) is 15.6. The fourth-order valence-electron chi connectivity index (χ4n) is 8.76. The van der Waals surface area contributed by atoms with Crippen LogP contribution in [0, 0.1) is 0 Å². The van der Waals surface area contributed by atoms with Gasteiger partial charge >= 0.3 is 0 Å². The molecule has 0 aliphatic rings. The van der Waals surface area contributed by atoms with Crippen LogP contribution in [0.25, 0.3) is 117 Å². The van der Waals surface area contributed by atoms with Crippen molar-refractivity contribution in [2.45, 2.75) is 0 Å². The molecule has 0 aliphatic carbocycles. The molecule has 0 saturated carbocycles. The second kappa shape index (κ2) is 14.7. The van der Waals surface area contributed by atoms with E-state index in [-0.39, 0.29) is 0 Å². The maximum absolute atomic E-state index is 6.73. The summed E-state index contributed by atoms with van der Waals surface area (Å²) in [4.78, 5) is 15.0. The van der Waals surface area contributed by atoms with Gasteiger partial charge in [-0.2, -0.15) is 0 Å². The van der Waals surface area contributed by atoms with E-state index in [1.54, 1.807) is 0 Å². The van der Waals surface area contributed by atoms with Gasteiger partial charge in [-0.05, 0) is 75.8 Å². The minimum absolute atomic E-state index is 0.584. The summed E-state index contributed by atoms with van der Waals surface area (Å²) in [5, 5.41) is 4.47. The molecule has 0 radical (unpaired) electrons. The maximum atomic E-state index is 6.73. The second-order valence-electron chi connectivity index (χ2n) is 15.6. The van der Waals surface area contributed by atoms with Gasteiger partial charge < -0.3 is 8.98 Å². The predicted molar refractivity (Wildman–Crippen MR) is 254 cm³/mol. The van der Waals surface area contributed by atoms with Crippen molar-refractivity contribution >= 4 is 43.7 Å². The lowest BCUT2D eigenvalue weighted by molar-refractivity contribution is 0.669. The molecule has 0 bridgehead atoms. The van der Waals surface area contributed by atoms with E-state index in [9.17, 15) is 0 Å². The smallest absolute Gasteiger partial charge is 0.164 e. The van der Waals surface area contributed by atoms with Crippen molar-refractivity contribution < 1.29 is 4.42 Å². The van der Waals surface area contributed by atoms with E-state index in [1.807, 2.05) is 36.4 Å². The van der Waals surface area contributed by atoms with Crippen LogP contribution in [0.5, 0.6) is 0 Å². The minimum atomic E-state index is 0.584. The molecule has 12 rings (SSSR count). The summed E-state index contributed by atoms with van der Waals surface area (Å²) in [5.41, 5.74) is 14.7. The summed E-state index contributed by atoms with van der Waals surface area (Å²) < 4.78 is 9.08. The van der Waals surface area contributed by atoms with Gasteiger partial charge in [0.15, 0.2) is 17.5 Å². The van der Waals surface area contributed by atoms with Crippen molar-refractivity contribution in [3.05, 3.63) is 218 Å². The Bertz CT molecular complexity index is 3590. The highest BCUT2D eigenvalue weighted by atomic mass is 16.3. The van der Waals surface area contributed by atoms with E-state index in [4.69, 9.17) is 19.4 Å². The van der Waals surface area contributed by atoms with Gasteiger partial charge in [-0.15, -0.1) is 0 Å². The van der Waals surface area contributed by atoms with Gasteiger partial charge in [0.2, 0.25) is 0 Å². The third-order valence-electron chi connectivity index (χ3n) is 11.9. The third-order valence-corrected chi connectivity index (χ3v) is 11.9. The van der Waals surface area contributed by atoms with Gasteiger partial charge in [0.05, 0.1) is 11.0 Å². The van der Waals surface area contributed by atoms with E-state index in [2.05, 4.69) is 187 Å². The Morgan fingerprint density at radius 3 is 1.42 bits per heavy atom. The molecule has 0 aliphatic heterocycles. The fourth-order valence-corrected chi connectivity index (χ4v) is 8.76. The lowest BCUT2D eigenvalue weighted by atomic mass is 9.99. The first-order valence-electron chi connectivity index (χ1n) is 20.8. The summed E-state index contributed by atoms with van der Waals surface area (Å²) in [6.45, 7) is 0. The summed E-state index contributed by atoms with van der Waals surface area (Å²) in [7, 11) is 0. The number of para-hydroxylation sites is 1. The van der Waals surface area contributed by atoms with Gasteiger partial charge in [0.25, 0.3) is 0 Å². The van der Waals surface area contributed by atoms with Crippen LogP contribution in [0.2, 0.25) is 0 Å². The monoisotopic (exact) mass is 792 g/mol. The number of furan rings is 1. The molecule has 3 heterocycles. The van der Waals surface area contributed by atoms with Crippen molar-refractivity contribution in [3.63, 3.8) is 0 Å². The SMILES string of the molecule is c1ccc(-c2ccc(-c3nc(-c4ccccc4)nc(-c4ccc5c(c4)oc4cc6c(cc45)c4ccccc4n6-c4ccc(-c5cccc(-c6ccccc6)c5)cc4)n3)cc2)cc1. The Morgan fingerprint density at radius 2 is 0.742 bits per heavy atom. The first-order valence-corrected chi connectivity index (χ1v) is 20.8. The zero-order chi connectivity index (χ0) is 41.0. The Morgan fingerprint density at radius 1 is 0.274 bits per heavy atom. The van der Waals surface area contributed by atoms with Crippen LogP contribution in [0.1, 0.15) is 0 Å². The van der Waals surface area contributed by atoms with Crippen LogP contribution in [-0.2, 0) is 0 Å². The first kappa shape index (κ1) is 35.5. The molecular formula is C57H36N4O. The van der Waals surface area contributed by atoms with E-state index < -0.39 is 0 Å². The highest BCUT2D eigenvalue weighted by Crippen LogP contribution is 2.40. The molecule has 0 N–H and O–H groups in total. The molecule has 0 spiro atoms. The molecule has 3 aromatic heterocycles. The van der Waals surface area contributed by atoms with Gasteiger partial charge in [0.1, 0.15) is 11.2 Å². The Hall–Kier alpha value is -8.41. The molecule has 0 fully saturated rings. The van der Waals surface area contributed by atoms with E-state index in [0.717, 1.165) is 66.5 Å². The van der Waals surface area contributed by atoms with Crippen LogP contribution in [0.3, 0.4) is 0 Å². The molecule has 0 amide bonds. The Labute approximate surface area is 357 Å². The third kappa shape index (κ3) is 6.23. The fraction of sp³-hybridized carbons (Fsp3) is 0. The standard InChI is InChI=1S/C57H36N4O/c1-4-13-37(14-5-1)39-23-25-42(26-24-39)56-58-55(41-17-8-3-9-18-41)59-57(60-56)45-29-32-48-50-35-49-47-21-10-11-22-51(47)61(52(49)36-54(50)62-53(48)34-45)46-30-27-40(28-31-46)44-20-12-19-43(33-44)38-15-6-2-7-16-38/h1-36H. The number of aromatic nitrogens is 4. The molecule has 290 valence electrons. The number of hydrogen-bond donors (Lipinski definition) is 0. The van der Waals surface area contributed by atoms with E-state index in [0.29, 0.717) is 17.5 Å². The molecule has 0 unspecified atom stereocenters. The van der Waals surface area contributed by atoms with Crippen molar-refractivity contribution in [1.82, 2.24) is 19.5 Å². The number of benzene rings is 9. The minimum Gasteiger partial charge on any atom is -0.456 e. The van der Waals surface area contributed by atoms with Crippen LogP contribution in [-0.4, -0.2) is 19.5 Å². The topological polar surface area (TPSA) is 56.7 Å². The predicted octanol–water partition coefficient (Wildman–Crippen LogP) is 14.9. The molecule has 0 atom stereocenters. The summed E-state index contributed by atoms with van der Waals surface area (Å²) in [5.74, 6) is 1.81. The molecule has 62 heavy (non-hydrogen) atoms. The Kier molecular flexibility index (Phi) is 8.42. The number of nitrogens with zero attached hydrogens (tertiary/aromatic N) is 4. The van der Waals surface area contributed by atoms with Crippen molar-refractivity contribution in [1.29, 1.82) is 0 Å². The quantitative estimate of drug-likeness (QED) is 0.161. The molecule has 5 heteroatoms. The molecule has 5 nitrogen and oxygen atoms in total. The zero-order valence-corrected chi connectivity index (χ0v) is 33.5. The van der Waals surface area contributed by atoms with Gasteiger partial charge in [0, 0.05) is 50.0 Å². The van der Waals surface area contributed by atoms with Crippen LogP contribution in [0.15, 0.2) is 223 Å². The molecule has 12 aromatic rings. The molecular weight excluding hydrogens is 757 g/mol. The van der Waals surface area contributed by atoms with Crippen molar-refractivity contribution in [2.24, 2.45) is 0 Å². The van der Waals surface area contributed by atoms with Gasteiger partial charge in [-0.3, -0.25) is 0 Å². The maximum Gasteiger partial charge on any atom is 0.164 e. The zero-order valence-electron chi connectivity index (χ0n) is 33.5. The average Bonchev–Trinajstić information content (AvgIpc) is 3.88. The summed E-state index contributed by atoms with van der Waals surface area (Å²) in [6.07, 6.45) is 0. The Balaban J connectivity index is 0.942. The number of hydrogen-bond acceptors (Lipinski definition) is 4. The lowest BCUT2D eigenvalue weighted by Crippen LogP contribution is -2.00. The largest absolute Gasteiger partial charge is 0.456 e. The highest BCUT2D eigenvalue weighted by molar-refractivity contribution is 6.17. The van der Waals surface area contributed by atoms with Crippen LogP contribution in [0.4, 0.5) is 0 Å². The summed E-state index contributed by atoms with van der Waals surface area (Å²) >= 11 is 0. The molecule has 0 saturated heterocycles. The van der Waals surface area contributed by atoms with Crippen molar-refractivity contribution in [3.8, 4) is 73.2 Å². The normalized spacial score (nSPS) is 11.5. The lowest BCUT2D eigenvalue weighted by Gasteiger charge is -2.10. The van der Waals surface area contributed by atoms with Gasteiger partial charge in [-0.1, -0.05) is 170 Å².